The maximum absolute atomic E-state index is 12.1. The van der Waals surface area contributed by atoms with Crippen LogP contribution in [-0.2, 0) is 27.6 Å². The molecule has 1 aliphatic heterocycles. The van der Waals surface area contributed by atoms with E-state index in [0.29, 0.717) is 5.69 Å². The van der Waals surface area contributed by atoms with Crippen molar-refractivity contribution in [2.45, 2.75) is 38.0 Å². The van der Waals surface area contributed by atoms with Gasteiger partial charge in [-0.25, -0.2) is 13.4 Å². The molecule has 1 atom stereocenters. The van der Waals surface area contributed by atoms with Gasteiger partial charge in [-0.15, -0.1) is 0 Å². The van der Waals surface area contributed by atoms with Gasteiger partial charge in [-0.1, -0.05) is 12.1 Å². The summed E-state index contributed by atoms with van der Waals surface area (Å²) in [5.74, 6) is 0.565. The minimum Gasteiger partial charge on any atom is -0.334 e. The maximum atomic E-state index is 12.1. The van der Waals surface area contributed by atoms with Crippen molar-refractivity contribution in [2.75, 3.05) is 11.6 Å². The highest BCUT2D eigenvalue weighted by Crippen LogP contribution is 2.25. The monoisotopic (exact) mass is 347 g/mol. The van der Waals surface area contributed by atoms with E-state index in [9.17, 15) is 13.2 Å². The quantitative estimate of drug-likeness (QED) is 0.920. The molecule has 0 saturated carbocycles. The van der Waals surface area contributed by atoms with E-state index >= 15 is 0 Å². The maximum Gasteiger partial charge on any atom is 0.242 e. The van der Waals surface area contributed by atoms with E-state index in [1.54, 1.807) is 6.07 Å². The summed E-state index contributed by atoms with van der Waals surface area (Å²) >= 11 is 0. The fourth-order valence-corrected chi connectivity index (χ4v) is 3.19. The van der Waals surface area contributed by atoms with E-state index in [1.807, 2.05) is 24.4 Å². The molecule has 0 bridgehead atoms. The van der Waals surface area contributed by atoms with Crippen molar-refractivity contribution in [3.05, 3.63) is 36.3 Å². The second-order valence-corrected chi connectivity index (χ2v) is 8.60. The Balaban J connectivity index is 1.82. The van der Waals surface area contributed by atoms with Crippen molar-refractivity contribution in [2.24, 2.45) is 0 Å². The fourth-order valence-electron chi connectivity index (χ4n) is 2.75. The Hall–Kier alpha value is -2.15. The van der Waals surface area contributed by atoms with Gasteiger partial charge in [0.25, 0.3) is 0 Å². The SMILES string of the molecule is CC(C(=O)Nc1cccc(-c2cn3c(n2)CCCC3)c1)S(C)(=O)=O. The number of carbonyl (C=O) groups is 1. The Morgan fingerprint density at radius 3 is 2.83 bits per heavy atom. The number of aryl methyl sites for hydroxylation is 2. The van der Waals surface area contributed by atoms with Crippen molar-refractivity contribution in [1.29, 1.82) is 0 Å². The molecule has 24 heavy (non-hydrogen) atoms. The second-order valence-electron chi connectivity index (χ2n) is 6.23. The van der Waals surface area contributed by atoms with E-state index < -0.39 is 21.0 Å². The molecule has 0 radical (unpaired) electrons. The molecule has 0 fully saturated rings. The van der Waals surface area contributed by atoms with Gasteiger partial charge < -0.3 is 9.88 Å². The van der Waals surface area contributed by atoms with Gasteiger partial charge in [-0.2, -0.15) is 0 Å². The highest BCUT2D eigenvalue weighted by atomic mass is 32.2. The summed E-state index contributed by atoms with van der Waals surface area (Å²) in [4.78, 5) is 16.7. The molecular formula is C17H21N3O3S. The first kappa shape index (κ1) is 16.7. The first-order valence-corrected chi connectivity index (χ1v) is 9.96. The summed E-state index contributed by atoms with van der Waals surface area (Å²) in [6, 6.07) is 7.33. The van der Waals surface area contributed by atoms with Crippen LogP contribution in [0.25, 0.3) is 11.3 Å². The van der Waals surface area contributed by atoms with Gasteiger partial charge in [-0.05, 0) is 31.9 Å². The van der Waals surface area contributed by atoms with Crippen LogP contribution < -0.4 is 5.32 Å². The molecule has 7 heteroatoms. The van der Waals surface area contributed by atoms with Gasteiger partial charge in [0, 0.05) is 36.7 Å². The van der Waals surface area contributed by atoms with Crippen LogP contribution in [0.3, 0.4) is 0 Å². The zero-order valence-corrected chi connectivity index (χ0v) is 14.6. The molecule has 1 amide bonds. The topological polar surface area (TPSA) is 81.1 Å². The molecule has 1 unspecified atom stereocenters. The Kier molecular flexibility index (Phi) is 4.45. The first-order valence-electron chi connectivity index (χ1n) is 8.01. The third-order valence-corrected chi connectivity index (χ3v) is 5.84. The molecule has 0 saturated heterocycles. The highest BCUT2D eigenvalue weighted by molar-refractivity contribution is 7.92. The number of imidazole rings is 1. The zero-order chi connectivity index (χ0) is 17.3. The summed E-state index contributed by atoms with van der Waals surface area (Å²) < 4.78 is 25.2. The predicted octanol–water partition coefficient (Wildman–Crippen LogP) is 2.26. The number of hydrogen-bond acceptors (Lipinski definition) is 4. The van der Waals surface area contributed by atoms with Gasteiger partial charge in [0.1, 0.15) is 11.1 Å². The van der Waals surface area contributed by atoms with Gasteiger partial charge in [0.2, 0.25) is 5.91 Å². The second kappa shape index (κ2) is 6.39. The largest absolute Gasteiger partial charge is 0.334 e. The normalized spacial score (nSPS) is 15.6. The van der Waals surface area contributed by atoms with Crippen LogP contribution >= 0.6 is 0 Å². The lowest BCUT2D eigenvalue weighted by molar-refractivity contribution is -0.115. The van der Waals surface area contributed by atoms with Crippen molar-refractivity contribution >= 4 is 21.4 Å². The minimum atomic E-state index is -3.41. The zero-order valence-electron chi connectivity index (χ0n) is 13.8. The Bertz CT molecular complexity index is 847. The summed E-state index contributed by atoms with van der Waals surface area (Å²) in [6.07, 6.45) is 6.42. The van der Waals surface area contributed by atoms with E-state index in [0.717, 1.165) is 42.7 Å². The smallest absolute Gasteiger partial charge is 0.242 e. The number of amides is 1. The summed E-state index contributed by atoms with van der Waals surface area (Å²) in [6.45, 7) is 2.38. The van der Waals surface area contributed by atoms with Crippen molar-refractivity contribution in [3.63, 3.8) is 0 Å². The molecule has 2 heterocycles. The third-order valence-electron chi connectivity index (χ3n) is 4.35. The van der Waals surface area contributed by atoms with Crippen molar-refractivity contribution < 1.29 is 13.2 Å². The van der Waals surface area contributed by atoms with Gasteiger partial charge >= 0.3 is 0 Å². The highest BCUT2D eigenvalue weighted by Gasteiger charge is 2.23. The molecule has 128 valence electrons. The Morgan fingerprint density at radius 2 is 2.12 bits per heavy atom. The predicted molar refractivity (Wildman–Crippen MR) is 93.5 cm³/mol. The lowest BCUT2D eigenvalue weighted by atomic mass is 10.1. The number of rotatable bonds is 4. The lowest BCUT2D eigenvalue weighted by Gasteiger charge is -2.11. The number of nitrogens with one attached hydrogen (secondary N) is 1. The summed E-state index contributed by atoms with van der Waals surface area (Å²) in [5.41, 5.74) is 2.35. The number of nitrogens with zero attached hydrogens (tertiary/aromatic N) is 2. The van der Waals surface area contributed by atoms with Crippen LogP contribution in [0.15, 0.2) is 30.5 Å². The van der Waals surface area contributed by atoms with E-state index in [1.165, 1.54) is 13.3 Å². The summed E-state index contributed by atoms with van der Waals surface area (Å²) in [7, 11) is -3.41. The van der Waals surface area contributed by atoms with Crippen LogP contribution in [0.5, 0.6) is 0 Å². The molecule has 1 N–H and O–H groups in total. The van der Waals surface area contributed by atoms with E-state index in [4.69, 9.17) is 0 Å². The number of aromatic nitrogens is 2. The average molecular weight is 347 g/mol. The number of anilines is 1. The molecule has 6 nitrogen and oxygen atoms in total. The molecule has 1 aromatic carbocycles. The van der Waals surface area contributed by atoms with Crippen LogP contribution in [0.1, 0.15) is 25.6 Å². The van der Waals surface area contributed by atoms with Crippen molar-refractivity contribution in [3.8, 4) is 11.3 Å². The van der Waals surface area contributed by atoms with E-state index in [-0.39, 0.29) is 0 Å². The van der Waals surface area contributed by atoms with Crippen molar-refractivity contribution in [1.82, 2.24) is 9.55 Å². The fraction of sp³-hybridized carbons (Fsp3) is 0.412. The van der Waals surface area contributed by atoms with Crippen LogP contribution in [0, 0.1) is 0 Å². The number of fused-ring (bicyclic) bond motifs is 1. The number of benzene rings is 1. The first-order chi connectivity index (χ1) is 11.3. The van der Waals surface area contributed by atoms with Crippen LogP contribution in [-0.4, -0.2) is 35.4 Å². The van der Waals surface area contributed by atoms with Crippen LogP contribution in [0.4, 0.5) is 5.69 Å². The van der Waals surface area contributed by atoms with Gasteiger partial charge in [0.05, 0.1) is 5.69 Å². The minimum absolute atomic E-state index is 0.529. The molecule has 0 spiro atoms. The van der Waals surface area contributed by atoms with Gasteiger partial charge in [0.15, 0.2) is 9.84 Å². The molecule has 2 aromatic rings. The summed E-state index contributed by atoms with van der Waals surface area (Å²) in [5, 5.41) is 1.59. The standard InChI is InChI=1S/C17H21N3O3S/c1-12(24(2,22)23)17(21)18-14-7-5-6-13(10-14)15-11-20-9-4-3-8-16(20)19-15/h5-7,10-12H,3-4,8-9H2,1-2H3,(H,18,21). The number of sulfone groups is 1. The van der Waals surface area contributed by atoms with E-state index in [2.05, 4.69) is 14.9 Å². The lowest BCUT2D eigenvalue weighted by Crippen LogP contribution is -2.31. The Labute approximate surface area is 141 Å². The number of carbonyl (C=O) groups excluding carboxylic acids is 1. The van der Waals surface area contributed by atoms with Crippen LogP contribution in [0.2, 0.25) is 0 Å². The Morgan fingerprint density at radius 1 is 1.33 bits per heavy atom. The molecule has 3 rings (SSSR count). The molecular weight excluding hydrogens is 326 g/mol. The third kappa shape index (κ3) is 3.51. The molecule has 0 aliphatic carbocycles. The molecule has 1 aliphatic rings. The average Bonchev–Trinajstić information content (AvgIpc) is 2.97. The number of hydrogen-bond donors (Lipinski definition) is 1. The van der Waals surface area contributed by atoms with Gasteiger partial charge in [-0.3, -0.25) is 4.79 Å². The molecule has 1 aromatic heterocycles.